The zero-order valence-electron chi connectivity index (χ0n) is 14.6. The molecular formula is C18H24N2O4. The van der Waals surface area contributed by atoms with Crippen LogP contribution in [-0.2, 0) is 9.53 Å². The minimum Gasteiger partial charge on any atom is -0.444 e. The molecule has 0 radical (unpaired) electrons. The van der Waals surface area contributed by atoms with E-state index in [1.165, 1.54) is 11.8 Å². The summed E-state index contributed by atoms with van der Waals surface area (Å²) in [6.45, 7) is 7.36. The summed E-state index contributed by atoms with van der Waals surface area (Å²) in [4.78, 5) is 37.7. The molecule has 1 aliphatic heterocycles. The number of carbonyl (C=O) groups is 3. The Balaban J connectivity index is 2.07. The van der Waals surface area contributed by atoms with E-state index in [4.69, 9.17) is 4.74 Å². The third kappa shape index (κ3) is 4.57. The zero-order chi connectivity index (χ0) is 17.9. The Labute approximate surface area is 142 Å². The molecule has 1 fully saturated rings. The third-order valence-electron chi connectivity index (χ3n) is 3.72. The molecule has 1 unspecified atom stereocenters. The van der Waals surface area contributed by atoms with Gasteiger partial charge >= 0.3 is 6.09 Å². The number of carbonyl (C=O) groups excluding carboxylic acids is 3. The molecule has 0 aliphatic carbocycles. The standard InChI is InChI=1S/C18H24N2O4/c1-12(21)13-7-5-8-14(11-13)19-16(22)15-9-6-10-20(15)17(23)24-18(2,3)4/h5,7-8,11,15H,6,9-10H2,1-4H3,(H,19,22). The average molecular weight is 332 g/mol. The molecule has 0 saturated carbocycles. The van der Waals surface area contributed by atoms with Gasteiger partial charge in [0.25, 0.3) is 0 Å². The summed E-state index contributed by atoms with van der Waals surface area (Å²) in [6, 6.07) is 6.21. The Kier molecular flexibility index (Phi) is 5.26. The van der Waals surface area contributed by atoms with Gasteiger partial charge in [-0.1, -0.05) is 12.1 Å². The van der Waals surface area contributed by atoms with Crippen LogP contribution in [0.4, 0.5) is 10.5 Å². The fourth-order valence-corrected chi connectivity index (χ4v) is 2.62. The van der Waals surface area contributed by atoms with Crippen LogP contribution >= 0.6 is 0 Å². The maximum atomic E-state index is 12.5. The minimum atomic E-state index is -0.601. The van der Waals surface area contributed by atoms with Crippen LogP contribution in [0.2, 0.25) is 0 Å². The lowest BCUT2D eigenvalue weighted by Gasteiger charge is -2.28. The van der Waals surface area contributed by atoms with Crippen molar-refractivity contribution in [2.75, 3.05) is 11.9 Å². The quantitative estimate of drug-likeness (QED) is 0.862. The molecule has 6 nitrogen and oxygen atoms in total. The summed E-state index contributed by atoms with van der Waals surface area (Å²) in [7, 11) is 0. The van der Waals surface area contributed by atoms with E-state index < -0.39 is 17.7 Å². The largest absolute Gasteiger partial charge is 0.444 e. The number of Topliss-reactive ketones (excluding diaryl/α,β-unsaturated/α-hetero) is 1. The van der Waals surface area contributed by atoms with Crippen molar-refractivity contribution in [2.45, 2.75) is 52.2 Å². The van der Waals surface area contributed by atoms with Gasteiger partial charge in [0, 0.05) is 17.8 Å². The second kappa shape index (κ2) is 7.03. The number of nitrogens with zero attached hydrogens (tertiary/aromatic N) is 1. The summed E-state index contributed by atoms with van der Waals surface area (Å²) < 4.78 is 5.37. The molecule has 0 bridgehead atoms. The molecule has 2 amide bonds. The first kappa shape index (κ1) is 18.0. The number of likely N-dealkylation sites (tertiary alicyclic amines) is 1. The molecule has 1 aromatic carbocycles. The summed E-state index contributed by atoms with van der Waals surface area (Å²) in [5.41, 5.74) is 0.475. The zero-order valence-corrected chi connectivity index (χ0v) is 14.6. The highest BCUT2D eigenvalue weighted by Crippen LogP contribution is 2.22. The van der Waals surface area contributed by atoms with Crippen molar-refractivity contribution >= 4 is 23.5 Å². The van der Waals surface area contributed by atoms with Crippen LogP contribution in [0.5, 0.6) is 0 Å². The average Bonchev–Trinajstić information content (AvgIpc) is 2.95. The Morgan fingerprint density at radius 2 is 1.96 bits per heavy atom. The van der Waals surface area contributed by atoms with Crippen molar-refractivity contribution in [2.24, 2.45) is 0 Å². The number of ether oxygens (including phenoxy) is 1. The molecule has 1 atom stereocenters. The second-order valence-electron chi connectivity index (χ2n) is 6.96. The monoisotopic (exact) mass is 332 g/mol. The topological polar surface area (TPSA) is 75.7 Å². The SMILES string of the molecule is CC(=O)c1cccc(NC(=O)C2CCCN2C(=O)OC(C)(C)C)c1. The maximum absolute atomic E-state index is 12.5. The van der Waals surface area contributed by atoms with Gasteiger partial charge in [0.05, 0.1) is 0 Å². The van der Waals surface area contributed by atoms with Crippen LogP contribution in [0.3, 0.4) is 0 Å². The molecule has 2 rings (SSSR count). The molecule has 1 aromatic rings. The lowest BCUT2D eigenvalue weighted by atomic mass is 10.1. The normalized spacial score (nSPS) is 17.5. The van der Waals surface area contributed by atoms with Crippen molar-refractivity contribution in [1.29, 1.82) is 0 Å². The maximum Gasteiger partial charge on any atom is 0.410 e. The molecule has 24 heavy (non-hydrogen) atoms. The fraction of sp³-hybridized carbons (Fsp3) is 0.500. The molecule has 0 spiro atoms. The van der Waals surface area contributed by atoms with E-state index in [-0.39, 0.29) is 11.7 Å². The molecule has 130 valence electrons. The van der Waals surface area contributed by atoms with Crippen LogP contribution in [0.15, 0.2) is 24.3 Å². The Morgan fingerprint density at radius 3 is 2.58 bits per heavy atom. The highest BCUT2D eigenvalue weighted by Gasteiger charge is 2.36. The number of hydrogen-bond donors (Lipinski definition) is 1. The number of rotatable bonds is 3. The van der Waals surface area contributed by atoms with Gasteiger partial charge in [-0.2, -0.15) is 0 Å². The second-order valence-corrected chi connectivity index (χ2v) is 6.96. The first-order chi connectivity index (χ1) is 11.2. The predicted octanol–water partition coefficient (Wildman–Crippen LogP) is 3.23. The van der Waals surface area contributed by atoms with Crippen LogP contribution in [0.1, 0.15) is 50.9 Å². The van der Waals surface area contributed by atoms with E-state index in [2.05, 4.69) is 5.32 Å². The summed E-state index contributed by atoms with van der Waals surface area (Å²) in [5, 5.41) is 2.79. The molecule has 1 aliphatic rings. The summed E-state index contributed by atoms with van der Waals surface area (Å²) in [6.07, 6.45) is 0.875. The highest BCUT2D eigenvalue weighted by atomic mass is 16.6. The number of hydrogen-bond acceptors (Lipinski definition) is 4. The number of benzene rings is 1. The number of nitrogens with one attached hydrogen (secondary N) is 1. The molecule has 6 heteroatoms. The number of ketones is 1. The summed E-state index contributed by atoms with van der Waals surface area (Å²) >= 11 is 0. The number of amides is 2. The fourth-order valence-electron chi connectivity index (χ4n) is 2.62. The Hall–Kier alpha value is -2.37. The van der Waals surface area contributed by atoms with Crippen LogP contribution in [-0.4, -0.2) is 40.9 Å². The van der Waals surface area contributed by atoms with Gasteiger partial charge in [-0.15, -0.1) is 0 Å². The van der Waals surface area contributed by atoms with E-state index in [0.717, 1.165) is 6.42 Å². The smallest absolute Gasteiger partial charge is 0.410 e. The third-order valence-corrected chi connectivity index (χ3v) is 3.72. The van der Waals surface area contributed by atoms with Crippen molar-refractivity contribution < 1.29 is 19.1 Å². The molecule has 1 N–H and O–H groups in total. The van der Waals surface area contributed by atoms with E-state index >= 15 is 0 Å². The minimum absolute atomic E-state index is 0.0673. The predicted molar refractivity (Wildman–Crippen MR) is 91.0 cm³/mol. The lowest BCUT2D eigenvalue weighted by Crippen LogP contribution is -2.45. The van der Waals surface area contributed by atoms with Gasteiger partial charge in [0.2, 0.25) is 5.91 Å². The van der Waals surface area contributed by atoms with Gasteiger partial charge in [-0.3, -0.25) is 14.5 Å². The Bertz CT molecular complexity index is 649. The summed E-state index contributed by atoms with van der Waals surface area (Å²) in [5.74, 6) is -0.332. The van der Waals surface area contributed by atoms with Crippen molar-refractivity contribution in [1.82, 2.24) is 4.90 Å². The first-order valence-corrected chi connectivity index (χ1v) is 8.09. The number of anilines is 1. The highest BCUT2D eigenvalue weighted by molar-refractivity contribution is 5.99. The van der Waals surface area contributed by atoms with Crippen molar-refractivity contribution in [3.63, 3.8) is 0 Å². The van der Waals surface area contributed by atoms with Crippen LogP contribution in [0.25, 0.3) is 0 Å². The van der Waals surface area contributed by atoms with Crippen molar-refractivity contribution in [3.8, 4) is 0 Å². The lowest BCUT2D eigenvalue weighted by molar-refractivity contribution is -0.120. The van der Waals surface area contributed by atoms with E-state index in [9.17, 15) is 14.4 Å². The molecule has 0 aromatic heterocycles. The Morgan fingerprint density at radius 1 is 1.25 bits per heavy atom. The van der Waals surface area contributed by atoms with Gasteiger partial charge in [0.15, 0.2) is 5.78 Å². The first-order valence-electron chi connectivity index (χ1n) is 8.09. The van der Waals surface area contributed by atoms with Crippen molar-refractivity contribution in [3.05, 3.63) is 29.8 Å². The van der Waals surface area contributed by atoms with E-state index in [1.54, 1.807) is 45.0 Å². The molecular weight excluding hydrogens is 308 g/mol. The van der Waals surface area contributed by atoms with Gasteiger partial charge in [0.1, 0.15) is 11.6 Å². The van der Waals surface area contributed by atoms with Crippen LogP contribution < -0.4 is 5.32 Å². The van der Waals surface area contributed by atoms with Crippen LogP contribution in [0, 0.1) is 0 Å². The molecule has 1 heterocycles. The molecule has 1 saturated heterocycles. The van der Waals surface area contributed by atoms with E-state index in [0.29, 0.717) is 24.2 Å². The van der Waals surface area contributed by atoms with Gasteiger partial charge < -0.3 is 10.1 Å². The van der Waals surface area contributed by atoms with Gasteiger partial charge in [-0.05, 0) is 52.7 Å². The van der Waals surface area contributed by atoms with Gasteiger partial charge in [-0.25, -0.2) is 4.79 Å². The van der Waals surface area contributed by atoms with E-state index in [1.807, 2.05) is 0 Å².